The van der Waals surface area contributed by atoms with Crippen molar-refractivity contribution in [3.63, 3.8) is 0 Å². The largest absolute Gasteiger partial charge is 0.497 e. The Morgan fingerprint density at radius 3 is 2.85 bits per heavy atom. The lowest BCUT2D eigenvalue weighted by Gasteiger charge is -2.06. The number of carbonyl (C=O) groups excluding carboxylic acids is 1. The van der Waals surface area contributed by atoms with E-state index in [2.05, 4.69) is 15.5 Å². The van der Waals surface area contributed by atoms with Gasteiger partial charge in [-0.1, -0.05) is 0 Å². The van der Waals surface area contributed by atoms with Gasteiger partial charge < -0.3 is 9.15 Å². The zero-order valence-corrected chi connectivity index (χ0v) is 10.6. The summed E-state index contributed by atoms with van der Waals surface area (Å²) in [5, 5.41) is 11.0. The van der Waals surface area contributed by atoms with Crippen LogP contribution in [0, 0.1) is 0 Å². The van der Waals surface area contributed by atoms with E-state index in [9.17, 15) is 4.79 Å². The van der Waals surface area contributed by atoms with Crippen molar-refractivity contribution in [2.45, 2.75) is 0 Å². The lowest BCUT2D eigenvalue weighted by molar-refractivity contribution is 0.110. The van der Waals surface area contributed by atoms with Crippen LogP contribution >= 0.6 is 0 Å². The van der Waals surface area contributed by atoms with Gasteiger partial charge in [-0.15, -0.1) is 5.10 Å². The second-order valence-electron chi connectivity index (χ2n) is 3.99. The van der Waals surface area contributed by atoms with E-state index in [0.29, 0.717) is 17.8 Å². The predicted molar refractivity (Wildman–Crippen MR) is 68.8 cm³/mol. The van der Waals surface area contributed by atoms with Gasteiger partial charge in [-0.3, -0.25) is 4.79 Å². The minimum Gasteiger partial charge on any atom is -0.497 e. The molecule has 7 heteroatoms. The van der Waals surface area contributed by atoms with Crippen LogP contribution in [0.4, 0.5) is 0 Å². The Labute approximate surface area is 113 Å². The van der Waals surface area contributed by atoms with Crippen LogP contribution in [0.3, 0.4) is 0 Å². The number of tetrazole rings is 1. The fourth-order valence-corrected chi connectivity index (χ4v) is 1.83. The summed E-state index contributed by atoms with van der Waals surface area (Å²) in [6.07, 6.45) is 2.14. The third-order valence-electron chi connectivity index (χ3n) is 2.77. The molecule has 2 heterocycles. The topological polar surface area (TPSA) is 83.0 Å². The molecule has 0 amide bonds. The monoisotopic (exact) mass is 270 g/mol. The number of ether oxygens (including phenoxy) is 1. The molecule has 100 valence electrons. The average molecular weight is 270 g/mol. The van der Waals surface area contributed by atoms with Crippen LogP contribution < -0.4 is 4.74 Å². The number of hydrogen-bond donors (Lipinski definition) is 0. The van der Waals surface area contributed by atoms with Crippen LogP contribution in [0.5, 0.6) is 5.75 Å². The number of methoxy groups -OCH3 is 1. The van der Waals surface area contributed by atoms with Gasteiger partial charge in [-0.25, -0.2) is 4.68 Å². The Balaban J connectivity index is 2.10. The van der Waals surface area contributed by atoms with E-state index in [1.165, 1.54) is 11.0 Å². The van der Waals surface area contributed by atoms with Crippen LogP contribution in [0.25, 0.3) is 17.0 Å². The number of furan rings is 1. The van der Waals surface area contributed by atoms with Crippen LogP contribution in [0.2, 0.25) is 0 Å². The Morgan fingerprint density at radius 2 is 2.20 bits per heavy atom. The van der Waals surface area contributed by atoms with E-state index in [1.807, 2.05) is 6.07 Å². The molecule has 0 unspecified atom stereocenters. The summed E-state index contributed by atoms with van der Waals surface area (Å²) in [5.41, 5.74) is 1.50. The molecule has 0 spiro atoms. The SMILES string of the molecule is COc1cc(-c2ccc(C=O)o2)cc(-n2cnnn2)c1. The Bertz CT molecular complexity index is 734. The molecule has 3 aromatic rings. The molecule has 0 saturated carbocycles. The molecular weight excluding hydrogens is 260 g/mol. The first-order valence-electron chi connectivity index (χ1n) is 5.78. The quantitative estimate of drug-likeness (QED) is 0.671. The van der Waals surface area contributed by atoms with Gasteiger partial charge in [-0.05, 0) is 34.7 Å². The normalized spacial score (nSPS) is 10.4. The Morgan fingerprint density at radius 1 is 1.30 bits per heavy atom. The molecule has 2 aromatic heterocycles. The molecule has 20 heavy (non-hydrogen) atoms. The second kappa shape index (κ2) is 4.96. The molecule has 1 aromatic carbocycles. The van der Waals surface area contributed by atoms with Gasteiger partial charge in [0.15, 0.2) is 12.0 Å². The van der Waals surface area contributed by atoms with Gasteiger partial charge >= 0.3 is 0 Å². The lowest BCUT2D eigenvalue weighted by atomic mass is 10.1. The molecule has 0 N–H and O–H groups in total. The smallest absolute Gasteiger partial charge is 0.185 e. The summed E-state index contributed by atoms with van der Waals surface area (Å²) < 4.78 is 12.2. The van der Waals surface area contributed by atoms with Gasteiger partial charge in [0.2, 0.25) is 0 Å². The molecule has 0 aliphatic heterocycles. The first-order valence-corrected chi connectivity index (χ1v) is 5.78. The summed E-state index contributed by atoms with van der Waals surface area (Å²) in [6, 6.07) is 8.78. The minimum absolute atomic E-state index is 0.270. The number of nitrogens with zero attached hydrogens (tertiary/aromatic N) is 4. The molecule has 0 aliphatic carbocycles. The molecule has 0 radical (unpaired) electrons. The van der Waals surface area contributed by atoms with Crippen molar-refractivity contribution >= 4 is 6.29 Å². The molecule has 0 bridgehead atoms. The molecule has 0 atom stereocenters. The fraction of sp³-hybridized carbons (Fsp3) is 0.0769. The highest BCUT2D eigenvalue weighted by molar-refractivity contribution is 5.73. The van der Waals surface area contributed by atoms with Crippen molar-refractivity contribution in [3.8, 4) is 22.8 Å². The first kappa shape index (κ1) is 12.1. The van der Waals surface area contributed by atoms with Crippen molar-refractivity contribution in [1.29, 1.82) is 0 Å². The average Bonchev–Trinajstić information content (AvgIpc) is 3.17. The molecule has 0 fully saturated rings. The standard InChI is InChI=1S/C13H10N4O3/c1-19-12-5-9(13-3-2-11(7-18)20-13)4-10(6-12)17-8-14-15-16-17/h2-8H,1H3. The summed E-state index contributed by atoms with van der Waals surface area (Å²) in [5.74, 6) is 1.48. The summed E-state index contributed by atoms with van der Waals surface area (Å²) in [6.45, 7) is 0. The maximum atomic E-state index is 10.7. The number of hydrogen-bond acceptors (Lipinski definition) is 6. The van der Waals surface area contributed by atoms with E-state index in [-0.39, 0.29) is 5.76 Å². The Kier molecular flexibility index (Phi) is 3.00. The number of benzene rings is 1. The maximum absolute atomic E-state index is 10.7. The number of aromatic nitrogens is 4. The second-order valence-corrected chi connectivity index (χ2v) is 3.99. The van der Waals surface area contributed by atoms with Crippen LogP contribution in [-0.4, -0.2) is 33.6 Å². The van der Waals surface area contributed by atoms with E-state index >= 15 is 0 Å². The number of carbonyl (C=O) groups is 1. The summed E-state index contributed by atoms with van der Waals surface area (Å²) in [7, 11) is 1.57. The van der Waals surface area contributed by atoms with Gasteiger partial charge in [0.1, 0.15) is 17.8 Å². The summed E-state index contributed by atoms with van der Waals surface area (Å²) in [4.78, 5) is 10.7. The Hall–Kier alpha value is -2.96. The molecular formula is C13H10N4O3. The van der Waals surface area contributed by atoms with Crippen molar-refractivity contribution < 1.29 is 13.9 Å². The van der Waals surface area contributed by atoms with Crippen LogP contribution in [-0.2, 0) is 0 Å². The van der Waals surface area contributed by atoms with Crippen molar-refractivity contribution in [3.05, 3.63) is 42.4 Å². The third kappa shape index (κ3) is 2.16. The zero-order valence-electron chi connectivity index (χ0n) is 10.6. The van der Waals surface area contributed by atoms with Gasteiger partial charge in [0.05, 0.1) is 12.8 Å². The third-order valence-corrected chi connectivity index (χ3v) is 2.77. The highest BCUT2D eigenvalue weighted by Gasteiger charge is 2.09. The van der Waals surface area contributed by atoms with E-state index < -0.39 is 0 Å². The molecule has 7 nitrogen and oxygen atoms in total. The van der Waals surface area contributed by atoms with Gasteiger partial charge in [0.25, 0.3) is 0 Å². The number of rotatable bonds is 4. The maximum Gasteiger partial charge on any atom is 0.185 e. The summed E-state index contributed by atoms with van der Waals surface area (Å²) >= 11 is 0. The predicted octanol–water partition coefficient (Wildman–Crippen LogP) is 1.74. The van der Waals surface area contributed by atoms with Gasteiger partial charge in [-0.2, -0.15) is 0 Å². The van der Waals surface area contributed by atoms with Crippen molar-refractivity contribution in [2.75, 3.05) is 7.11 Å². The van der Waals surface area contributed by atoms with E-state index in [0.717, 1.165) is 11.3 Å². The molecule has 0 saturated heterocycles. The van der Waals surface area contributed by atoms with E-state index in [4.69, 9.17) is 9.15 Å². The van der Waals surface area contributed by atoms with Crippen molar-refractivity contribution in [2.24, 2.45) is 0 Å². The van der Waals surface area contributed by atoms with Gasteiger partial charge in [0, 0.05) is 11.6 Å². The van der Waals surface area contributed by atoms with Crippen LogP contribution in [0.15, 0.2) is 41.1 Å². The first-order chi connectivity index (χ1) is 9.80. The number of aldehydes is 1. The van der Waals surface area contributed by atoms with Crippen molar-refractivity contribution in [1.82, 2.24) is 20.2 Å². The fourth-order valence-electron chi connectivity index (χ4n) is 1.83. The highest BCUT2D eigenvalue weighted by Crippen LogP contribution is 2.28. The molecule has 3 rings (SSSR count). The minimum atomic E-state index is 0.270. The lowest BCUT2D eigenvalue weighted by Crippen LogP contribution is -1.96. The zero-order chi connectivity index (χ0) is 13.9. The van der Waals surface area contributed by atoms with Crippen LogP contribution in [0.1, 0.15) is 10.6 Å². The molecule has 0 aliphatic rings. The van der Waals surface area contributed by atoms with E-state index in [1.54, 1.807) is 31.4 Å². The highest BCUT2D eigenvalue weighted by atomic mass is 16.5.